The number of para-hydroxylation sites is 1. The third kappa shape index (κ3) is 2.97. The van der Waals surface area contributed by atoms with Gasteiger partial charge in [-0.15, -0.1) is 11.8 Å². The average Bonchev–Trinajstić information content (AvgIpc) is 2.98. The number of carboxylic acids is 1. The van der Waals surface area contributed by atoms with E-state index in [4.69, 9.17) is 5.11 Å². The highest BCUT2D eigenvalue weighted by molar-refractivity contribution is 8.00. The minimum absolute atomic E-state index is 0.0846. The third-order valence-corrected chi connectivity index (χ3v) is 5.47. The number of thioether (sulfide) groups is 1. The van der Waals surface area contributed by atoms with E-state index in [9.17, 15) is 9.59 Å². The van der Waals surface area contributed by atoms with Gasteiger partial charge in [-0.25, -0.2) is 9.48 Å². The Labute approximate surface area is 153 Å². The number of hydrogen-bond acceptors (Lipinski definition) is 4. The van der Waals surface area contributed by atoms with Crippen molar-refractivity contribution < 1.29 is 14.7 Å². The molecule has 7 heteroatoms. The fourth-order valence-corrected chi connectivity index (χ4v) is 4.03. The lowest BCUT2D eigenvalue weighted by atomic mass is 10.0. The first-order valence-electron chi connectivity index (χ1n) is 8.01. The lowest BCUT2D eigenvalue weighted by Crippen LogP contribution is -2.15. The van der Waals surface area contributed by atoms with Crippen LogP contribution >= 0.6 is 11.8 Å². The van der Waals surface area contributed by atoms with E-state index in [0.717, 1.165) is 16.8 Å². The van der Waals surface area contributed by atoms with Gasteiger partial charge in [0, 0.05) is 5.56 Å². The molecule has 0 saturated carbocycles. The van der Waals surface area contributed by atoms with E-state index in [-0.39, 0.29) is 16.7 Å². The minimum atomic E-state index is -0.959. The van der Waals surface area contributed by atoms with Gasteiger partial charge in [0.25, 0.3) is 0 Å². The van der Waals surface area contributed by atoms with Crippen LogP contribution in [0, 0.1) is 0 Å². The zero-order valence-corrected chi connectivity index (χ0v) is 14.4. The normalized spacial score (nSPS) is 16.5. The van der Waals surface area contributed by atoms with Crippen molar-refractivity contribution in [1.82, 2.24) is 9.78 Å². The van der Waals surface area contributed by atoms with Gasteiger partial charge in [-0.2, -0.15) is 5.10 Å². The number of carboxylic acid groups (broad SMARTS) is 1. The highest BCUT2D eigenvalue weighted by Gasteiger charge is 2.28. The molecule has 1 aliphatic heterocycles. The Morgan fingerprint density at radius 1 is 1.15 bits per heavy atom. The van der Waals surface area contributed by atoms with Crippen molar-refractivity contribution in [2.45, 2.75) is 5.25 Å². The average molecular weight is 365 g/mol. The molecule has 2 N–H and O–H groups in total. The summed E-state index contributed by atoms with van der Waals surface area (Å²) >= 11 is 1.50. The number of fused-ring (bicyclic) bond motifs is 1. The van der Waals surface area contributed by atoms with Crippen LogP contribution in [0.2, 0.25) is 0 Å². The van der Waals surface area contributed by atoms with Gasteiger partial charge >= 0.3 is 5.97 Å². The van der Waals surface area contributed by atoms with Crippen LogP contribution in [0.5, 0.6) is 0 Å². The molecule has 2 heterocycles. The standard InChI is InChI=1S/C19H15N3O3S/c23-16-11-26-17(12-6-8-13(9-7-12)19(24)25)15-10-20-22(18(15)21-16)14-4-2-1-3-5-14/h1-10,17H,11H2,(H,21,23)(H,24,25). The highest BCUT2D eigenvalue weighted by atomic mass is 32.2. The molecule has 4 rings (SSSR count). The van der Waals surface area contributed by atoms with E-state index in [2.05, 4.69) is 10.4 Å². The zero-order valence-electron chi connectivity index (χ0n) is 13.6. The van der Waals surface area contributed by atoms with Gasteiger partial charge in [0.1, 0.15) is 5.82 Å². The van der Waals surface area contributed by atoms with E-state index >= 15 is 0 Å². The lowest BCUT2D eigenvalue weighted by Gasteiger charge is -2.14. The Balaban J connectivity index is 1.78. The van der Waals surface area contributed by atoms with E-state index in [1.165, 1.54) is 11.8 Å². The first-order valence-corrected chi connectivity index (χ1v) is 9.06. The highest BCUT2D eigenvalue weighted by Crippen LogP contribution is 2.42. The topological polar surface area (TPSA) is 84.2 Å². The van der Waals surface area contributed by atoms with Crippen LogP contribution in [-0.2, 0) is 4.79 Å². The van der Waals surface area contributed by atoms with Gasteiger partial charge in [0.15, 0.2) is 0 Å². The summed E-state index contributed by atoms with van der Waals surface area (Å²) in [5.41, 5.74) is 2.93. The zero-order chi connectivity index (χ0) is 18.1. The van der Waals surface area contributed by atoms with Crippen molar-refractivity contribution in [1.29, 1.82) is 0 Å². The molecule has 0 saturated heterocycles. The summed E-state index contributed by atoms with van der Waals surface area (Å²) in [5.74, 6) is -0.0777. The minimum Gasteiger partial charge on any atom is -0.478 e. The number of nitrogens with zero attached hydrogens (tertiary/aromatic N) is 2. The lowest BCUT2D eigenvalue weighted by molar-refractivity contribution is -0.113. The molecule has 0 aliphatic carbocycles. The molecule has 3 aromatic rings. The van der Waals surface area contributed by atoms with Gasteiger partial charge in [0.2, 0.25) is 5.91 Å². The molecule has 0 bridgehead atoms. The quantitative estimate of drug-likeness (QED) is 0.744. The van der Waals surface area contributed by atoms with Crippen molar-refractivity contribution in [3.63, 3.8) is 0 Å². The van der Waals surface area contributed by atoms with E-state index in [1.54, 1.807) is 35.1 Å². The number of amides is 1. The Hall–Kier alpha value is -3.06. The molecule has 130 valence electrons. The number of nitrogens with one attached hydrogen (secondary N) is 1. The number of hydrogen-bond donors (Lipinski definition) is 2. The monoisotopic (exact) mass is 365 g/mol. The summed E-state index contributed by atoms with van der Waals surface area (Å²) in [4.78, 5) is 23.3. The van der Waals surface area contributed by atoms with E-state index in [0.29, 0.717) is 11.6 Å². The number of carbonyl (C=O) groups excluding carboxylic acids is 1. The summed E-state index contributed by atoms with van der Waals surface area (Å²) in [6, 6.07) is 16.4. The number of carbonyl (C=O) groups is 2. The molecule has 26 heavy (non-hydrogen) atoms. The summed E-state index contributed by atoms with van der Waals surface area (Å²) in [6.45, 7) is 0. The third-order valence-electron chi connectivity index (χ3n) is 4.18. The first-order chi connectivity index (χ1) is 12.6. The number of anilines is 1. The van der Waals surface area contributed by atoms with Gasteiger partial charge in [-0.05, 0) is 29.8 Å². The predicted octanol–water partition coefficient (Wildman–Crippen LogP) is 3.35. The number of rotatable bonds is 3. The smallest absolute Gasteiger partial charge is 0.335 e. The van der Waals surface area contributed by atoms with Crippen LogP contribution in [0.3, 0.4) is 0 Å². The molecule has 2 aromatic carbocycles. The second kappa shape index (κ2) is 6.68. The van der Waals surface area contributed by atoms with Crippen LogP contribution in [0.25, 0.3) is 5.69 Å². The van der Waals surface area contributed by atoms with Crippen molar-refractivity contribution in [3.8, 4) is 5.69 Å². The SMILES string of the molecule is O=C1CSC(c2ccc(C(=O)O)cc2)c2cnn(-c3ccccc3)c2N1. The summed E-state index contributed by atoms with van der Waals surface area (Å²) < 4.78 is 1.72. The van der Waals surface area contributed by atoms with Gasteiger partial charge in [0.05, 0.1) is 28.5 Å². The fraction of sp³-hybridized carbons (Fsp3) is 0.105. The molecule has 1 unspecified atom stereocenters. The van der Waals surface area contributed by atoms with Crippen LogP contribution in [0.4, 0.5) is 5.82 Å². The van der Waals surface area contributed by atoms with E-state index in [1.807, 2.05) is 30.3 Å². The second-order valence-electron chi connectivity index (χ2n) is 5.86. The molecular formula is C19H15N3O3S. The van der Waals surface area contributed by atoms with Crippen molar-refractivity contribution in [2.75, 3.05) is 11.1 Å². The fourth-order valence-electron chi connectivity index (χ4n) is 2.94. The number of aromatic nitrogens is 2. The van der Waals surface area contributed by atoms with Crippen LogP contribution < -0.4 is 5.32 Å². The van der Waals surface area contributed by atoms with E-state index < -0.39 is 5.97 Å². The summed E-state index contributed by atoms with van der Waals surface area (Å²) in [7, 11) is 0. The maximum atomic E-state index is 12.2. The molecular weight excluding hydrogens is 350 g/mol. The Morgan fingerprint density at radius 3 is 2.58 bits per heavy atom. The summed E-state index contributed by atoms with van der Waals surface area (Å²) in [6.07, 6.45) is 1.76. The maximum absolute atomic E-state index is 12.2. The van der Waals surface area contributed by atoms with Crippen molar-refractivity contribution in [2.24, 2.45) is 0 Å². The molecule has 0 spiro atoms. The largest absolute Gasteiger partial charge is 0.478 e. The molecule has 0 fully saturated rings. The predicted molar refractivity (Wildman–Crippen MR) is 99.9 cm³/mol. The van der Waals surface area contributed by atoms with Crippen LogP contribution in [0.15, 0.2) is 60.8 Å². The Bertz CT molecular complexity index is 967. The van der Waals surface area contributed by atoms with Gasteiger partial charge in [-0.1, -0.05) is 30.3 Å². The maximum Gasteiger partial charge on any atom is 0.335 e. The van der Waals surface area contributed by atoms with Crippen LogP contribution in [0.1, 0.15) is 26.7 Å². The van der Waals surface area contributed by atoms with Crippen molar-refractivity contribution in [3.05, 3.63) is 77.5 Å². The van der Waals surface area contributed by atoms with Crippen molar-refractivity contribution >= 4 is 29.5 Å². The number of benzene rings is 2. The van der Waals surface area contributed by atoms with Crippen LogP contribution in [-0.4, -0.2) is 32.5 Å². The molecule has 1 aromatic heterocycles. The second-order valence-corrected chi connectivity index (χ2v) is 6.96. The molecule has 1 aliphatic rings. The van der Waals surface area contributed by atoms with Gasteiger partial charge in [-0.3, -0.25) is 4.79 Å². The Kier molecular flexibility index (Phi) is 4.22. The number of aromatic carboxylic acids is 1. The molecule has 0 radical (unpaired) electrons. The molecule has 6 nitrogen and oxygen atoms in total. The molecule has 1 atom stereocenters. The summed E-state index contributed by atoms with van der Waals surface area (Å²) in [5, 5.41) is 16.4. The first kappa shape index (κ1) is 16.4. The molecule has 1 amide bonds. The Morgan fingerprint density at radius 2 is 1.88 bits per heavy atom. The van der Waals surface area contributed by atoms with Gasteiger partial charge < -0.3 is 10.4 Å².